The Bertz CT molecular complexity index is 1100. The second-order valence-corrected chi connectivity index (χ2v) is 7.98. The molecule has 1 aromatic heterocycles. The quantitative estimate of drug-likeness (QED) is 0.454. The van der Waals surface area contributed by atoms with E-state index >= 15 is 0 Å². The Kier molecular flexibility index (Phi) is 6.55. The second kappa shape index (κ2) is 9.69. The van der Waals surface area contributed by atoms with Crippen molar-refractivity contribution in [2.24, 2.45) is 0 Å². The monoisotopic (exact) mass is 454 g/mol. The summed E-state index contributed by atoms with van der Waals surface area (Å²) >= 11 is 5.91. The molecule has 3 aromatic rings. The van der Waals surface area contributed by atoms with Gasteiger partial charge in [-0.15, -0.1) is 0 Å². The van der Waals surface area contributed by atoms with Gasteiger partial charge in [0.25, 0.3) is 5.69 Å². The van der Waals surface area contributed by atoms with E-state index < -0.39 is 4.92 Å². The van der Waals surface area contributed by atoms with Gasteiger partial charge in [0.2, 0.25) is 0 Å². The average Bonchev–Trinajstić information content (AvgIpc) is 3.31. The summed E-state index contributed by atoms with van der Waals surface area (Å²) in [6.07, 6.45) is 3.65. The highest BCUT2D eigenvalue weighted by Gasteiger charge is 2.26. The van der Waals surface area contributed by atoms with Crippen LogP contribution >= 0.6 is 11.6 Å². The lowest BCUT2D eigenvalue weighted by Crippen LogP contribution is -2.51. The number of hydrogen-bond donors (Lipinski definition) is 1. The number of urea groups is 1. The number of nitrogens with one attached hydrogen (secondary N) is 1. The van der Waals surface area contributed by atoms with Crippen LogP contribution in [0.25, 0.3) is 0 Å². The summed E-state index contributed by atoms with van der Waals surface area (Å²) in [4.78, 5) is 27.2. The molecule has 2 aromatic carbocycles. The van der Waals surface area contributed by atoms with E-state index in [9.17, 15) is 14.9 Å². The first kappa shape index (κ1) is 21.6. The van der Waals surface area contributed by atoms with Crippen molar-refractivity contribution < 1.29 is 9.72 Å². The number of amides is 2. The van der Waals surface area contributed by atoms with Crippen molar-refractivity contribution in [2.75, 3.05) is 31.1 Å². The van der Waals surface area contributed by atoms with E-state index in [0.29, 0.717) is 50.0 Å². The zero-order valence-electron chi connectivity index (χ0n) is 17.4. The molecule has 1 fully saturated rings. The van der Waals surface area contributed by atoms with Gasteiger partial charge in [0.05, 0.1) is 11.5 Å². The van der Waals surface area contributed by atoms with Crippen molar-refractivity contribution >= 4 is 29.0 Å². The lowest BCUT2D eigenvalue weighted by molar-refractivity contribution is -0.384. The third kappa shape index (κ3) is 5.17. The standard InChI is InChI=1S/C22H23ClN6O3/c23-19-5-6-20(21(14-19)29(31)32)26-9-11-27(12-10-26)22(30)24-15-17-3-1-4-18(13-17)16-28-8-2-7-25-28/h1-8,13-14H,9-12,15-16H2,(H,24,30). The molecule has 1 aliphatic heterocycles. The maximum absolute atomic E-state index is 12.6. The predicted octanol–water partition coefficient (Wildman–Crippen LogP) is 3.52. The Morgan fingerprint density at radius 3 is 2.59 bits per heavy atom. The number of carbonyl (C=O) groups is 1. The topological polar surface area (TPSA) is 96.5 Å². The number of nitro benzene ring substituents is 1. The molecule has 10 heteroatoms. The molecule has 9 nitrogen and oxygen atoms in total. The van der Waals surface area contributed by atoms with E-state index in [2.05, 4.69) is 16.5 Å². The number of nitrogens with zero attached hydrogens (tertiary/aromatic N) is 5. The number of halogens is 1. The Labute approximate surface area is 190 Å². The fraction of sp³-hybridized carbons (Fsp3) is 0.273. The number of rotatable bonds is 6. The summed E-state index contributed by atoms with van der Waals surface area (Å²) in [6.45, 7) is 3.07. The minimum absolute atomic E-state index is 0.0228. The summed E-state index contributed by atoms with van der Waals surface area (Å²) in [5, 5.41) is 18.9. The molecule has 4 rings (SSSR count). The maximum Gasteiger partial charge on any atom is 0.317 e. The zero-order valence-corrected chi connectivity index (χ0v) is 18.1. The molecule has 0 aliphatic carbocycles. The molecule has 1 saturated heterocycles. The van der Waals surface area contributed by atoms with Crippen LogP contribution in [0.2, 0.25) is 5.02 Å². The van der Waals surface area contributed by atoms with Crippen molar-refractivity contribution in [1.29, 1.82) is 0 Å². The first-order chi connectivity index (χ1) is 15.5. The van der Waals surface area contributed by atoms with Crippen molar-refractivity contribution in [3.8, 4) is 0 Å². The molecular formula is C22H23ClN6O3. The number of hydrogen-bond acceptors (Lipinski definition) is 5. The highest BCUT2D eigenvalue weighted by atomic mass is 35.5. The Morgan fingerprint density at radius 2 is 1.88 bits per heavy atom. The average molecular weight is 455 g/mol. The van der Waals surface area contributed by atoms with Crippen molar-refractivity contribution in [1.82, 2.24) is 20.0 Å². The van der Waals surface area contributed by atoms with E-state index in [1.54, 1.807) is 23.2 Å². The fourth-order valence-electron chi connectivity index (χ4n) is 3.77. The first-order valence-electron chi connectivity index (χ1n) is 10.3. The Balaban J connectivity index is 1.30. The zero-order chi connectivity index (χ0) is 22.5. The van der Waals surface area contributed by atoms with Crippen LogP contribution in [0.4, 0.5) is 16.2 Å². The maximum atomic E-state index is 12.6. The molecule has 2 amide bonds. The summed E-state index contributed by atoms with van der Waals surface area (Å²) in [6, 6.07) is 14.4. The van der Waals surface area contributed by atoms with Crippen LogP contribution in [-0.4, -0.2) is 51.8 Å². The van der Waals surface area contributed by atoms with E-state index in [1.807, 2.05) is 40.0 Å². The molecule has 2 heterocycles. The van der Waals surface area contributed by atoms with Gasteiger partial charge in [-0.1, -0.05) is 35.9 Å². The van der Waals surface area contributed by atoms with Gasteiger partial charge < -0.3 is 15.1 Å². The van der Waals surface area contributed by atoms with E-state index in [0.717, 1.165) is 11.1 Å². The summed E-state index contributed by atoms with van der Waals surface area (Å²) in [5.74, 6) is 0. The minimum atomic E-state index is -0.430. The Hall–Kier alpha value is -3.59. The fourth-order valence-corrected chi connectivity index (χ4v) is 3.94. The third-order valence-electron chi connectivity index (χ3n) is 5.38. The lowest BCUT2D eigenvalue weighted by Gasteiger charge is -2.35. The first-order valence-corrected chi connectivity index (χ1v) is 10.6. The van der Waals surface area contributed by atoms with Crippen LogP contribution in [-0.2, 0) is 13.1 Å². The largest absolute Gasteiger partial charge is 0.362 e. The number of anilines is 1. The minimum Gasteiger partial charge on any atom is -0.362 e. The molecule has 32 heavy (non-hydrogen) atoms. The van der Waals surface area contributed by atoms with Crippen molar-refractivity contribution in [3.63, 3.8) is 0 Å². The lowest BCUT2D eigenvalue weighted by atomic mass is 10.1. The van der Waals surface area contributed by atoms with Gasteiger partial charge in [-0.3, -0.25) is 14.8 Å². The molecule has 1 aliphatic rings. The summed E-state index contributed by atoms with van der Waals surface area (Å²) < 4.78 is 1.85. The van der Waals surface area contributed by atoms with E-state index in [1.165, 1.54) is 6.07 Å². The van der Waals surface area contributed by atoms with Crippen LogP contribution in [0.15, 0.2) is 60.9 Å². The van der Waals surface area contributed by atoms with E-state index in [-0.39, 0.29) is 11.7 Å². The normalized spacial score (nSPS) is 13.8. The van der Waals surface area contributed by atoms with Crippen LogP contribution in [0.5, 0.6) is 0 Å². The molecule has 0 saturated carbocycles. The second-order valence-electron chi connectivity index (χ2n) is 7.55. The summed E-state index contributed by atoms with van der Waals surface area (Å²) in [7, 11) is 0. The van der Waals surface area contributed by atoms with Gasteiger partial charge in [-0.25, -0.2) is 4.79 Å². The number of benzene rings is 2. The highest BCUT2D eigenvalue weighted by Crippen LogP contribution is 2.31. The van der Waals surface area contributed by atoms with Crippen LogP contribution in [0.1, 0.15) is 11.1 Å². The van der Waals surface area contributed by atoms with Crippen molar-refractivity contribution in [3.05, 3.63) is 87.2 Å². The van der Waals surface area contributed by atoms with Gasteiger partial charge >= 0.3 is 6.03 Å². The van der Waals surface area contributed by atoms with Gasteiger partial charge in [-0.05, 0) is 29.3 Å². The smallest absolute Gasteiger partial charge is 0.317 e. The molecule has 0 radical (unpaired) electrons. The van der Waals surface area contributed by atoms with Crippen LogP contribution < -0.4 is 10.2 Å². The molecule has 0 spiro atoms. The SMILES string of the molecule is O=C(NCc1cccc(Cn2cccn2)c1)N1CCN(c2ccc(Cl)cc2[N+](=O)[O-])CC1. The highest BCUT2D eigenvalue weighted by molar-refractivity contribution is 6.30. The number of aromatic nitrogens is 2. The van der Waals surface area contributed by atoms with E-state index in [4.69, 9.17) is 11.6 Å². The molecular weight excluding hydrogens is 432 g/mol. The third-order valence-corrected chi connectivity index (χ3v) is 5.62. The molecule has 166 valence electrons. The Morgan fingerprint density at radius 1 is 1.09 bits per heavy atom. The molecule has 0 atom stereocenters. The van der Waals surface area contributed by atoms with Crippen LogP contribution in [0.3, 0.4) is 0 Å². The molecule has 1 N–H and O–H groups in total. The molecule has 0 bridgehead atoms. The van der Waals surface area contributed by atoms with Gasteiger partial charge in [0.1, 0.15) is 5.69 Å². The molecule has 0 unspecified atom stereocenters. The summed E-state index contributed by atoms with van der Waals surface area (Å²) in [5.41, 5.74) is 2.62. The number of piperazine rings is 1. The van der Waals surface area contributed by atoms with Crippen molar-refractivity contribution in [2.45, 2.75) is 13.1 Å². The van der Waals surface area contributed by atoms with Gasteiger partial charge in [0.15, 0.2) is 0 Å². The number of carbonyl (C=O) groups excluding carboxylic acids is 1. The van der Waals surface area contributed by atoms with Crippen LogP contribution in [0, 0.1) is 10.1 Å². The number of nitro groups is 1. The van der Waals surface area contributed by atoms with Gasteiger partial charge in [0, 0.05) is 56.2 Å². The van der Waals surface area contributed by atoms with Gasteiger partial charge in [-0.2, -0.15) is 5.10 Å². The predicted molar refractivity (Wildman–Crippen MR) is 122 cm³/mol.